The molecule has 0 saturated carbocycles. The van der Waals surface area contributed by atoms with Crippen molar-refractivity contribution in [2.45, 2.75) is 6.42 Å². The smallest absolute Gasteiger partial charge is 0.139 e. The van der Waals surface area contributed by atoms with Gasteiger partial charge in [0.25, 0.3) is 0 Å². The van der Waals surface area contributed by atoms with Gasteiger partial charge in [-0.05, 0) is 40.3 Å². The summed E-state index contributed by atoms with van der Waals surface area (Å²) in [6, 6.07) is 4.17. The molecule has 0 spiro atoms. The molecule has 1 rings (SSSR count). The molecule has 0 radical (unpaired) electrons. The van der Waals surface area contributed by atoms with E-state index < -0.39 is 11.6 Å². The van der Waals surface area contributed by atoms with Gasteiger partial charge in [0.15, 0.2) is 0 Å². The summed E-state index contributed by atoms with van der Waals surface area (Å²) in [6.07, 6.45) is 0.0325. The maximum absolute atomic E-state index is 12.8. The number of hydrogen-bond donors (Lipinski definition) is 0. The van der Waals surface area contributed by atoms with Gasteiger partial charge in [0.05, 0.1) is 16.1 Å². The fraction of sp³-hybridized carbons (Fsp3) is 0.125. The molecule has 1 aromatic carbocycles. The van der Waals surface area contributed by atoms with Crippen molar-refractivity contribution in [3.8, 4) is 6.07 Å². The minimum atomic E-state index is -0.610. The summed E-state index contributed by atoms with van der Waals surface area (Å²) in [5, 5.41) is 8.27. The van der Waals surface area contributed by atoms with Crippen molar-refractivity contribution in [3.05, 3.63) is 32.9 Å². The molecule has 0 aliphatic heterocycles. The summed E-state index contributed by atoms with van der Waals surface area (Å²) >= 11 is 1.58. The molecule has 0 unspecified atom stereocenters. The molecular formula is C8H4F2IN. The third-order valence-corrected chi connectivity index (χ3v) is 2.36. The van der Waals surface area contributed by atoms with Crippen LogP contribution in [0.15, 0.2) is 12.1 Å². The first-order valence-corrected chi connectivity index (χ1v) is 4.23. The standard InChI is InChI=1S/C8H4F2IN/c9-6-3-5(1-2-12)4-7(10)8(6)11/h3-4H,1H2. The van der Waals surface area contributed by atoms with E-state index in [1.165, 1.54) is 12.1 Å². The van der Waals surface area contributed by atoms with Crippen molar-refractivity contribution in [1.82, 2.24) is 0 Å². The monoisotopic (exact) mass is 279 g/mol. The first-order chi connectivity index (χ1) is 5.65. The van der Waals surface area contributed by atoms with Crippen LogP contribution in [0.4, 0.5) is 8.78 Å². The lowest BCUT2D eigenvalue weighted by Crippen LogP contribution is -1.92. The van der Waals surface area contributed by atoms with Crippen molar-refractivity contribution in [3.63, 3.8) is 0 Å². The molecule has 4 heteroatoms. The predicted octanol–water partition coefficient (Wildman–Crippen LogP) is 2.64. The molecule has 0 N–H and O–H groups in total. The summed E-state index contributed by atoms with van der Waals surface area (Å²) in [7, 11) is 0. The summed E-state index contributed by atoms with van der Waals surface area (Å²) in [5.41, 5.74) is 0.368. The van der Waals surface area contributed by atoms with Crippen LogP contribution in [-0.2, 0) is 6.42 Å². The van der Waals surface area contributed by atoms with Crippen LogP contribution in [0.3, 0.4) is 0 Å². The summed E-state index contributed by atoms with van der Waals surface area (Å²) in [5.74, 6) is -1.22. The molecule has 0 aromatic heterocycles. The van der Waals surface area contributed by atoms with Crippen LogP contribution in [-0.4, -0.2) is 0 Å². The number of rotatable bonds is 1. The van der Waals surface area contributed by atoms with Crippen LogP contribution in [0.1, 0.15) is 5.56 Å². The SMILES string of the molecule is N#CCc1cc(F)c(I)c(F)c1. The normalized spacial score (nSPS) is 9.50. The summed E-state index contributed by atoms with van der Waals surface area (Å²) < 4.78 is 25.6. The summed E-state index contributed by atoms with van der Waals surface area (Å²) in [4.78, 5) is 0. The van der Waals surface area contributed by atoms with Gasteiger partial charge in [0.1, 0.15) is 11.6 Å². The van der Waals surface area contributed by atoms with Gasteiger partial charge in [-0.15, -0.1) is 0 Å². The second-order valence-electron chi connectivity index (χ2n) is 2.21. The molecule has 0 bridgehead atoms. The molecule has 62 valence electrons. The largest absolute Gasteiger partial charge is 0.206 e. The van der Waals surface area contributed by atoms with Crippen LogP contribution in [0.5, 0.6) is 0 Å². The molecule has 0 saturated heterocycles. The Kier molecular flexibility index (Phi) is 2.98. The van der Waals surface area contributed by atoms with Crippen LogP contribution < -0.4 is 0 Å². The van der Waals surface area contributed by atoms with Crippen LogP contribution in [0.25, 0.3) is 0 Å². The van der Waals surface area contributed by atoms with Gasteiger partial charge in [0, 0.05) is 0 Å². The summed E-state index contributed by atoms with van der Waals surface area (Å²) in [6.45, 7) is 0. The number of hydrogen-bond acceptors (Lipinski definition) is 1. The van der Waals surface area contributed by atoms with Crippen molar-refractivity contribution >= 4 is 22.6 Å². The van der Waals surface area contributed by atoms with Gasteiger partial charge in [-0.3, -0.25) is 0 Å². The van der Waals surface area contributed by atoms with E-state index in [2.05, 4.69) is 0 Å². The lowest BCUT2D eigenvalue weighted by Gasteiger charge is -1.99. The van der Waals surface area contributed by atoms with Crippen molar-refractivity contribution in [2.24, 2.45) is 0 Å². The van der Waals surface area contributed by atoms with E-state index in [1.54, 1.807) is 22.6 Å². The van der Waals surface area contributed by atoms with E-state index in [-0.39, 0.29) is 9.99 Å². The molecule has 0 aliphatic rings. The van der Waals surface area contributed by atoms with Gasteiger partial charge in [-0.25, -0.2) is 8.78 Å². The zero-order valence-electron chi connectivity index (χ0n) is 5.94. The Labute approximate surface area is 82.1 Å². The minimum Gasteiger partial charge on any atom is -0.206 e. The van der Waals surface area contributed by atoms with E-state index >= 15 is 0 Å². The Morgan fingerprint density at radius 2 is 1.83 bits per heavy atom. The molecule has 0 heterocycles. The van der Waals surface area contributed by atoms with Gasteiger partial charge in [-0.2, -0.15) is 5.26 Å². The highest BCUT2D eigenvalue weighted by atomic mass is 127. The number of benzene rings is 1. The molecule has 0 fully saturated rings. The number of halogens is 3. The number of nitrogens with zero attached hydrogens (tertiary/aromatic N) is 1. The Morgan fingerprint density at radius 3 is 2.25 bits per heavy atom. The van der Waals surface area contributed by atoms with Crippen LogP contribution in [0, 0.1) is 26.5 Å². The molecular weight excluding hydrogens is 275 g/mol. The third kappa shape index (κ3) is 1.91. The second-order valence-corrected chi connectivity index (χ2v) is 3.29. The van der Waals surface area contributed by atoms with E-state index in [9.17, 15) is 8.78 Å². The average molecular weight is 279 g/mol. The Morgan fingerprint density at radius 1 is 1.33 bits per heavy atom. The fourth-order valence-corrected chi connectivity index (χ4v) is 1.11. The van der Waals surface area contributed by atoms with E-state index in [0.717, 1.165) is 0 Å². The van der Waals surface area contributed by atoms with Gasteiger partial charge in [0.2, 0.25) is 0 Å². The van der Waals surface area contributed by atoms with E-state index in [0.29, 0.717) is 5.56 Å². The number of nitriles is 1. The molecule has 0 atom stereocenters. The van der Waals surface area contributed by atoms with Gasteiger partial charge >= 0.3 is 0 Å². The molecule has 1 nitrogen and oxygen atoms in total. The van der Waals surface area contributed by atoms with Crippen molar-refractivity contribution in [1.29, 1.82) is 5.26 Å². The average Bonchev–Trinajstić information content (AvgIpc) is 2.01. The molecule has 0 aliphatic carbocycles. The topological polar surface area (TPSA) is 23.8 Å². The minimum absolute atomic E-state index is 0.0325. The third-order valence-electron chi connectivity index (χ3n) is 1.33. The molecule has 0 amide bonds. The first kappa shape index (κ1) is 9.39. The van der Waals surface area contributed by atoms with Crippen LogP contribution in [0.2, 0.25) is 0 Å². The van der Waals surface area contributed by atoms with E-state index in [4.69, 9.17) is 5.26 Å². The first-order valence-electron chi connectivity index (χ1n) is 3.15. The zero-order valence-corrected chi connectivity index (χ0v) is 8.10. The van der Waals surface area contributed by atoms with Gasteiger partial charge < -0.3 is 0 Å². The van der Waals surface area contributed by atoms with Crippen LogP contribution >= 0.6 is 22.6 Å². The highest BCUT2D eigenvalue weighted by Crippen LogP contribution is 2.17. The maximum atomic E-state index is 12.8. The zero-order chi connectivity index (χ0) is 9.14. The highest BCUT2D eigenvalue weighted by molar-refractivity contribution is 14.1. The van der Waals surface area contributed by atoms with Gasteiger partial charge in [-0.1, -0.05) is 0 Å². The Hall–Kier alpha value is -0.700. The predicted molar refractivity (Wildman–Crippen MR) is 48.4 cm³/mol. The lowest BCUT2D eigenvalue weighted by atomic mass is 10.1. The van der Waals surface area contributed by atoms with E-state index in [1.807, 2.05) is 6.07 Å². The quantitative estimate of drug-likeness (QED) is 0.572. The molecule has 1 aromatic rings. The second kappa shape index (κ2) is 3.81. The van der Waals surface area contributed by atoms with Crippen molar-refractivity contribution < 1.29 is 8.78 Å². The Bertz CT molecular complexity index is 320. The fourth-order valence-electron chi connectivity index (χ4n) is 0.801. The Balaban J connectivity index is 3.14. The van der Waals surface area contributed by atoms with Crippen molar-refractivity contribution in [2.75, 3.05) is 0 Å². The maximum Gasteiger partial charge on any atom is 0.139 e. The lowest BCUT2D eigenvalue weighted by molar-refractivity contribution is 0.568. The molecule has 12 heavy (non-hydrogen) atoms. The highest BCUT2D eigenvalue weighted by Gasteiger charge is 2.07.